The van der Waals surface area contributed by atoms with Crippen molar-refractivity contribution in [1.29, 1.82) is 0 Å². The molecule has 1 fully saturated rings. The minimum atomic E-state index is -3.74. The van der Waals surface area contributed by atoms with Crippen molar-refractivity contribution in [2.45, 2.75) is 32.1 Å². The van der Waals surface area contributed by atoms with Crippen LogP contribution in [0.15, 0.2) is 51.9 Å². The minimum Gasteiger partial charge on any atom is -0.360 e. The van der Waals surface area contributed by atoms with E-state index in [0.29, 0.717) is 31.1 Å². The van der Waals surface area contributed by atoms with Gasteiger partial charge in [0.05, 0.1) is 4.90 Å². The molecule has 1 aliphatic heterocycles. The molecular weight excluding hydrogens is 459 g/mol. The number of nitrogens with zero attached hydrogens (tertiary/aromatic N) is 4. The highest BCUT2D eigenvalue weighted by molar-refractivity contribution is 7.89. The third kappa shape index (κ3) is 4.83. The highest BCUT2D eigenvalue weighted by Gasteiger charge is 2.28. The summed E-state index contributed by atoms with van der Waals surface area (Å²) in [6.45, 7) is 6.95. The summed E-state index contributed by atoms with van der Waals surface area (Å²) in [7, 11) is -3.74. The second-order valence-corrected chi connectivity index (χ2v) is 10.3. The summed E-state index contributed by atoms with van der Waals surface area (Å²) in [5.74, 6) is 0.735. The summed E-state index contributed by atoms with van der Waals surface area (Å²) in [6.07, 6.45) is 3.80. The standard InChI is InChI=1S/C24H27FN4O4S/c1-17-15-20(19(3)29(17)23-16-18(2)33-26-23)5-10-24(30)27-11-4-12-28(14-13-27)34(31,32)22-8-6-21(25)7-9-22/h5-10,15-16H,4,11-14H2,1-3H3/b10-5+. The molecule has 10 heteroatoms. The van der Waals surface area contributed by atoms with E-state index in [1.165, 1.54) is 22.5 Å². The van der Waals surface area contributed by atoms with Crippen LogP contribution in [0.25, 0.3) is 11.9 Å². The number of halogens is 1. The third-order valence-electron chi connectivity index (χ3n) is 5.94. The first-order valence-electron chi connectivity index (χ1n) is 11.0. The SMILES string of the molecule is Cc1cc(-n2c(C)cc(/C=C/C(=O)N3CCCN(S(=O)(=O)c4ccc(F)cc4)CC3)c2C)no1. The molecule has 0 radical (unpaired) electrons. The van der Waals surface area contributed by atoms with Crippen LogP contribution in [-0.2, 0) is 14.8 Å². The Balaban J connectivity index is 1.44. The average Bonchev–Trinajstić information content (AvgIpc) is 3.22. The van der Waals surface area contributed by atoms with Crippen LogP contribution in [0, 0.1) is 26.6 Å². The molecule has 0 bridgehead atoms. The molecule has 180 valence electrons. The van der Waals surface area contributed by atoms with Gasteiger partial charge in [0.1, 0.15) is 11.6 Å². The van der Waals surface area contributed by atoms with Crippen LogP contribution in [0.3, 0.4) is 0 Å². The number of hydrogen-bond donors (Lipinski definition) is 0. The Morgan fingerprint density at radius 2 is 1.79 bits per heavy atom. The molecule has 1 saturated heterocycles. The topological polar surface area (TPSA) is 88.7 Å². The number of amides is 1. The summed E-state index contributed by atoms with van der Waals surface area (Å²) in [6, 6.07) is 8.61. The number of aryl methyl sites for hydroxylation is 2. The molecule has 0 aliphatic carbocycles. The van der Waals surface area contributed by atoms with Gasteiger partial charge in [-0.3, -0.25) is 9.36 Å². The highest BCUT2D eigenvalue weighted by atomic mass is 32.2. The predicted octanol–water partition coefficient (Wildman–Crippen LogP) is 3.47. The van der Waals surface area contributed by atoms with E-state index in [4.69, 9.17) is 4.52 Å². The van der Waals surface area contributed by atoms with Crippen LogP contribution in [0.5, 0.6) is 0 Å². The third-order valence-corrected chi connectivity index (χ3v) is 7.85. The molecule has 0 spiro atoms. The van der Waals surface area contributed by atoms with Crippen LogP contribution >= 0.6 is 0 Å². The number of hydrogen-bond acceptors (Lipinski definition) is 5. The van der Waals surface area contributed by atoms with Gasteiger partial charge in [-0.15, -0.1) is 0 Å². The molecular formula is C24H27FN4O4S. The van der Waals surface area contributed by atoms with Gasteiger partial charge in [-0.25, -0.2) is 12.8 Å². The molecule has 0 N–H and O–H groups in total. The van der Waals surface area contributed by atoms with E-state index >= 15 is 0 Å². The van der Waals surface area contributed by atoms with Gasteiger partial charge >= 0.3 is 0 Å². The van der Waals surface area contributed by atoms with E-state index in [0.717, 1.165) is 29.1 Å². The first-order chi connectivity index (χ1) is 16.2. The maximum Gasteiger partial charge on any atom is 0.246 e. The molecule has 3 aromatic rings. The van der Waals surface area contributed by atoms with Crippen molar-refractivity contribution in [3.8, 4) is 5.82 Å². The van der Waals surface area contributed by atoms with Crippen molar-refractivity contribution in [2.24, 2.45) is 0 Å². The van der Waals surface area contributed by atoms with Crippen molar-refractivity contribution in [2.75, 3.05) is 26.2 Å². The van der Waals surface area contributed by atoms with Gasteiger partial charge in [-0.1, -0.05) is 5.16 Å². The Morgan fingerprint density at radius 1 is 1.06 bits per heavy atom. The normalized spacial score (nSPS) is 15.7. The second-order valence-electron chi connectivity index (χ2n) is 8.33. The molecule has 1 aliphatic rings. The van der Waals surface area contributed by atoms with Gasteiger partial charge < -0.3 is 9.42 Å². The van der Waals surface area contributed by atoms with Gasteiger partial charge in [0, 0.05) is 49.7 Å². The second kappa shape index (κ2) is 9.55. The van der Waals surface area contributed by atoms with E-state index in [-0.39, 0.29) is 23.9 Å². The van der Waals surface area contributed by atoms with E-state index in [9.17, 15) is 17.6 Å². The summed E-state index contributed by atoms with van der Waals surface area (Å²) in [5.41, 5.74) is 2.79. The Morgan fingerprint density at radius 3 is 2.47 bits per heavy atom. The number of sulfonamides is 1. The fourth-order valence-corrected chi connectivity index (χ4v) is 5.61. The zero-order chi connectivity index (χ0) is 24.5. The lowest BCUT2D eigenvalue weighted by Crippen LogP contribution is -2.36. The van der Waals surface area contributed by atoms with E-state index < -0.39 is 15.8 Å². The molecule has 8 nitrogen and oxygen atoms in total. The van der Waals surface area contributed by atoms with Crippen molar-refractivity contribution >= 4 is 22.0 Å². The number of aromatic nitrogens is 2. The van der Waals surface area contributed by atoms with Crippen molar-refractivity contribution < 1.29 is 22.1 Å². The van der Waals surface area contributed by atoms with Crippen LogP contribution in [0.1, 0.15) is 29.1 Å². The monoisotopic (exact) mass is 486 g/mol. The summed E-state index contributed by atoms with van der Waals surface area (Å²) in [4.78, 5) is 14.6. The van der Waals surface area contributed by atoms with E-state index in [2.05, 4.69) is 5.16 Å². The van der Waals surface area contributed by atoms with Crippen LogP contribution in [-0.4, -0.2) is 59.4 Å². The molecule has 0 saturated carbocycles. The summed E-state index contributed by atoms with van der Waals surface area (Å²) < 4.78 is 47.5. The number of benzene rings is 1. The van der Waals surface area contributed by atoms with Crippen molar-refractivity contribution in [3.63, 3.8) is 0 Å². The van der Waals surface area contributed by atoms with E-state index in [1.807, 2.05) is 37.5 Å². The van der Waals surface area contributed by atoms with Crippen molar-refractivity contribution in [1.82, 2.24) is 18.9 Å². The number of carbonyl (C=O) groups is 1. The quantitative estimate of drug-likeness (QED) is 0.516. The Kier molecular flexibility index (Phi) is 6.72. The lowest BCUT2D eigenvalue weighted by molar-refractivity contribution is -0.125. The maximum atomic E-state index is 13.2. The highest BCUT2D eigenvalue weighted by Crippen LogP contribution is 2.22. The minimum absolute atomic E-state index is 0.0474. The molecule has 0 unspecified atom stereocenters. The maximum absolute atomic E-state index is 13.2. The first kappa shape index (κ1) is 23.9. The van der Waals surface area contributed by atoms with Gasteiger partial charge in [-0.2, -0.15) is 4.31 Å². The predicted molar refractivity (Wildman–Crippen MR) is 125 cm³/mol. The fourth-order valence-electron chi connectivity index (χ4n) is 4.14. The largest absolute Gasteiger partial charge is 0.360 e. The molecule has 3 heterocycles. The number of rotatable bonds is 5. The Hall–Kier alpha value is -3.24. The molecule has 34 heavy (non-hydrogen) atoms. The first-order valence-corrected chi connectivity index (χ1v) is 12.5. The fraction of sp³-hybridized carbons (Fsp3) is 0.333. The van der Waals surface area contributed by atoms with Gasteiger partial charge in [-0.05, 0) is 69.2 Å². The molecule has 0 atom stereocenters. The molecule has 1 amide bonds. The molecule has 1 aromatic carbocycles. The van der Waals surface area contributed by atoms with Gasteiger partial charge in [0.15, 0.2) is 5.82 Å². The zero-order valence-corrected chi connectivity index (χ0v) is 20.2. The smallest absolute Gasteiger partial charge is 0.246 e. The lowest BCUT2D eigenvalue weighted by atomic mass is 10.2. The van der Waals surface area contributed by atoms with Crippen molar-refractivity contribution in [3.05, 3.63) is 71.0 Å². The summed E-state index contributed by atoms with van der Waals surface area (Å²) in [5, 5.41) is 4.07. The van der Waals surface area contributed by atoms with Gasteiger partial charge in [0.2, 0.25) is 15.9 Å². The average molecular weight is 487 g/mol. The Bertz CT molecular complexity index is 1330. The van der Waals surface area contributed by atoms with E-state index in [1.54, 1.807) is 11.0 Å². The van der Waals surface area contributed by atoms with Crippen LogP contribution in [0.2, 0.25) is 0 Å². The van der Waals surface area contributed by atoms with Crippen LogP contribution < -0.4 is 0 Å². The lowest BCUT2D eigenvalue weighted by Gasteiger charge is -2.21. The number of carbonyl (C=O) groups excluding carboxylic acids is 1. The summed E-state index contributed by atoms with van der Waals surface area (Å²) >= 11 is 0. The van der Waals surface area contributed by atoms with Crippen LogP contribution in [0.4, 0.5) is 4.39 Å². The van der Waals surface area contributed by atoms with Gasteiger partial charge in [0.25, 0.3) is 0 Å². The Labute approximate surface area is 198 Å². The molecule has 4 rings (SSSR count). The molecule has 2 aromatic heterocycles. The zero-order valence-electron chi connectivity index (χ0n) is 19.4.